The zero-order valence-electron chi connectivity index (χ0n) is 7.05. The predicted octanol–water partition coefficient (Wildman–Crippen LogP) is 1.78. The first-order chi connectivity index (χ1) is 6.10. The molecular weight excluding hydrogens is 195 g/mol. The summed E-state index contributed by atoms with van der Waals surface area (Å²) in [6.45, 7) is 0. The standard InChI is InChI=1S/C7H11O5P/c8-7(9)13(10,11-5-1-2-5)12-6-3-4-6/h5-6,10H,1-4H2/p+1. The molecule has 0 saturated heterocycles. The molecule has 0 aliphatic heterocycles. The SMILES string of the molecule is O=C(O)[P+](O)(OC1CC1)OC1CC1. The van der Waals surface area contributed by atoms with E-state index in [0.717, 1.165) is 25.7 Å². The molecule has 2 rings (SSSR count). The second-order valence-electron chi connectivity index (χ2n) is 3.41. The predicted molar refractivity (Wildman–Crippen MR) is 45.4 cm³/mol. The summed E-state index contributed by atoms with van der Waals surface area (Å²) in [5, 5.41) is 8.74. The number of hydrogen-bond donors (Lipinski definition) is 2. The molecule has 2 fully saturated rings. The van der Waals surface area contributed by atoms with Crippen LogP contribution in [0.3, 0.4) is 0 Å². The lowest BCUT2D eigenvalue weighted by atomic mass is 10.9. The zero-order valence-corrected chi connectivity index (χ0v) is 7.94. The molecule has 2 N–H and O–H groups in total. The molecule has 0 aromatic heterocycles. The Morgan fingerprint density at radius 1 is 1.15 bits per heavy atom. The third-order valence-corrected chi connectivity index (χ3v) is 3.53. The molecule has 0 bridgehead atoms. The molecule has 0 unspecified atom stereocenters. The van der Waals surface area contributed by atoms with Crippen molar-refractivity contribution in [3.05, 3.63) is 0 Å². The smallest absolute Gasteiger partial charge is 0.445 e. The molecule has 2 aliphatic carbocycles. The number of hydrogen-bond acceptors (Lipinski definition) is 4. The van der Waals surface area contributed by atoms with E-state index in [0.29, 0.717) is 0 Å². The van der Waals surface area contributed by atoms with Crippen LogP contribution >= 0.6 is 7.94 Å². The summed E-state index contributed by atoms with van der Waals surface area (Å²) in [5.74, 6) is 0. The Morgan fingerprint density at radius 2 is 1.54 bits per heavy atom. The summed E-state index contributed by atoms with van der Waals surface area (Å²) in [5.41, 5.74) is -1.36. The van der Waals surface area contributed by atoms with Gasteiger partial charge in [-0.25, -0.2) is 0 Å². The Balaban J connectivity index is 1.93. The van der Waals surface area contributed by atoms with Crippen LogP contribution in [-0.4, -0.2) is 27.9 Å². The fourth-order valence-electron chi connectivity index (χ4n) is 0.866. The minimum Gasteiger partial charge on any atom is -0.445 e. The van der Waals surface area contributed by atoms with Crippen LogP contribution in [0.1, 0.15) is 25.7 Å². The van der Waals surface area contributed by atoms with Gasteiger partial charge in [-0.15, -0.1) is 0 Å². The molecule has 5 nitrogen and oxygen atoms in total. The number of rotatable bonds is 5. The highest BCUT2D eigenvalue weighted by atomic mass is 31.2. The van der Waals surface area contributed by atoms with Crippen LogP contribution in [0, 0.1) is 0 Å². The second kappa shape index (κ2) is 3.17. The van der Waals surface area contributed by atoms with E-state index in [9.17, 15) is 9.69 Å². The molecule has 0 radical (unpaired) electrons. The van der Waals surface area contributed by atoms with Crippen molar-refractivity contribution >= 4 is 13.7 Å². The van der Waals surface area contributed by atoms with Crippen LogP contribution < -0.4 is 0 Å². The average molecular weight is 207 g/mol. The summed E-state index contributed by atoms with van der Waals surface area (Å²) in [6, 6.07) is 0. The highest BCUT2D eigenvalue weighted by Gasteiger charge is 2.59. The molecule has 6 heteroatoms. The molecule has 0 aromatic rings. The maximum absolute atomic E-state index is 10.7. The molecule has 2 saturated carbocycles. The molecule has 13 heavy (non-hydrogen) atoms. The second-order valence-corrected chi connectivity index (χ2v) is 5.26. The molecule has 0 spiro atoms. The van der Waals surface area contributed by atoms with E-state index >= 15 is 0 Å². The quantitative estimate of drug-likeness (QED) is 0.672. The van der Waals surface area contributed by atoms with Crippen LogP contribution in [-0.2, 0) is 9.05 Å². The van der Waals surface area contributed by atoms with Crippen LogP contribution in [0.25, 0.3) is 0 Å². The average Bonchev–Trinajstić information content (AvgIpc) is 2.83. The lowest BCUT2D eigenvalue weighted by Gasteiger charge is -2.10. The van der Waals surface area contributed by atoms with Gasteiger partial charge in [-0.05, 0) is 25.7 Å². The number of carboxylic acid groups (broad SMARTS) is 1. The lowest BCUT2D eigenvalue weighted by Crippen LogP contribution is -2.13. The van der Waals surface area contributed by atoms with Crippen LogP contribution in [0.4, 0.5) is 4.79 Å². The zero-order chi connectivity index (χ0) is 9.47. The molecule has 0 atom stereocenters. The minimum atomic E-state index is -3.61. The maximum atomic E-state index is 10.7. The van der Waals surface area contributed by atoms with Gasteiger partial charge in [-0.3, -0.25) is 0 Å². The molecule has 0 aromatic carbocycles. The fourth-order valence-corrected chi connectivity index (χ4v) is 2.33. The fraction of sp³-hybridized carbons (Fsp3) is 0.857. The summed E-state index contributed by atoms with van der Waals surface area (Å²) in [6.07, 6.45) is 3.09. The molecule has 0 amide bonds. The van der Waals surface area contributed by atoms with Gasteiger partial charge in [0.05, 0.1) is 0 Å². The van der Waals surface area contributed by atoms with E-state index in [1.165, 1.54) is 0 Å². The molecular formula is C7H12O5P+. The van der Waals surface area contributed by atoms with Crippen LogP contribution in [0.15, 0.2) is 0 Å². The normalized spacial score (nSPS) is 23.2. The van der Waals surface area contributed by atoms with Gasteiger partial charge in [0.2, 0.25) is 0 Å². The van der Waals surface area contributed by atoms with Crippen molar-refractivity contribution in [1.29, 1.82) is 0 Å². The first kappa shape index (κ1) is 9.34. The lowest BCUT2D eigenvalue weighted by molar-refractivity contribution is 0.145. The van der Waals surface area contributed by atoms with Crippen molar-refractivity contribution < 1.29 is 23.8 Å². The van der Waals surface area contributed by atoms with Crippen molar-refractivity contribution in [2.45, 2.75) is 37.9 Å². The Kier molecular flexibility index (Phi) is 2.28. The largest absolute Gasteiger partial charge is 0.543 e. The first-order valence-electron chi connectivity index (χ1n) is 4.32. The van der Waals surface area contributed by atoms with Gasteiger partial charge in [0, 0.05) is 0 Å². The summed E-state index contributed by atoms with van der Waals surface area (Å²) in [7, 11) is -3.61. The number of carbonyl (C=O) groups is 1. The summed E-state index contributed by atoms with van der Waals surface area (Å²) >= 11 is 0. The van der Waals surface area contributed by atoms with E-state index in [1.54, 1.807) is 0 Å². The Hall–Kier alpha value is -0.220. The van der Waals surface area contributed by atoms with E-state index in [4.69, 9.17) is 14.2 Å². The maximum Gasteiger partial charge on any atom is 0.543 e. The van der Waals surface area contributed by atoms with E-state index < -0.39 is 13.7 Å². The van der Waals surface area contributed by atoms with Crippen molar-refractivity contribution in [3.63, 3.8) is 0 Å². The minimum absolute atomic E-state index is 0.104. The molecule has 0 heterocycles. The van der Waals surface area contributed by atoms with Crippen molar-refractivity contribution in [1.82, 2.24) is 0 Å². The van der Waals surface area contributed by atoms with Crippen LogP contribution in [0.5, 0.6) is 0 Å². The van der Waals surface area contributed by atoms with E-state index in [-0.39, 0.29) is 12.2 Å². The van der Waals surface area contributed by atoms with Gasteiger partial charge in [-0.2, -0.15) is 18.7 Å². The van der Waals surface area contributed by atoms with E-state index in [2.05, 4.69) is 0 Å². The summed E-state index contributed by atoms with van der Waals surface area (Å²) in [4.78, 5) is 20.3. The third kappa shape index (κ3) is 2.38. The van der Waals surface area contributed by atoms with Gasteiger partial charge >= 0.3 is 13.7 Å². The van der Waals surface area contributed by atoms with Crippen molar-refractivity contribution in [2.24, 2.45) is 0 Å². The van der Waals surface area contributed by atoms with Gasteiger partial charge in [-0.1, -0.05) is 0 Å². The van der Waals surface area contributed by atoms with Crippen molar-refractivity contribution in [2.75, 3.05) is 0 Å². The highest BCUT2D eigenvalue weighted by Crippen LogP contribution is 2.63. The van der Waals surface area contributed by atoms with Crippen LogP contribution in [0.2, 0.25) is 0 Å². The topological polar surface area (TPSA) is 76.0 Å². The van der Waals surface area contributed by atoms with Gasteiger partial charge in [0.15, 0.2) is 0 Å². The monoisotopic (exact) mass is 207 g/mol. The Bertz CT molecular complexity index is 209. The first-order valence-corrected chi connectivity index (χ1v) is 5.90. The third-order valence-electron chi connectivity index (χ3n) is 1.87. The van der Waals surface area contributed by atoms with Gasteiger partial charge in [0.1, 0.15) is 12.2 Å². The van der Waals surface area contributed by atoms with Gasteiger partial charge in [0.25, 0.3) is 0 Å². The van der Waals surface area contributed by atoms with Crippen molar-refractivity contribution in [3.8, 4) is 0 Å². The van der Waals surface area contributed by atoms with E-state index in [1.807, 2.05) is 0 Å². The molecule has 2 aliphatic rings. The summed E-state index contributed by atoms with van der Waals surface area (Å²) < 4.78 is 10.0. The van der Waals surface area contributed by atoms with Gasteiger partial charge < -0.3 is 5.11 Å². The highest BCUT2D eigenvalue weighted by molar-refractivity contribution is 7.77. The Morgan fingerprint density at radius 3 is 1.77 bits per heavy atom. The molecule has 74 valence electrons. The Labute approximate surface area is 76.2 Å².